The van der Waals surface area contributed by atoms with Gasteiger partial charge in [0.2, 0.25) is 17.7 Å². The van der Waals surface area contributed by atoms with Crippen molar-refractivity contribution in [3.8, 4) is 5.88 Å². The Labute approximate surface area is 214 Å². The van der Waals surface area contributed by atoms with Gasteiger partial charge >= 0.3 is 0 Å². The molecule has 0 spiro atoms. The van der Waals surface area contributed by atoms with Gasteiger partial charge in [-0.15, -0.1) is 0 Å². The van der Waals surface area contributed by atoms with Gasteiger partial charge in [0.15, 0.2) is 0 Å². The molecule has 1 fully saturated rings. The smallest absolute Gasteiger partial charge is 0.248 e. The molecule has 0 radical (unpaired) electrons. The van der Waals surface area contributed by atoms with E-state index in [9.17, 15) is 4.79 Å². The number of aromatic nitrogens is 5. The number of anilines is 2. The van der Waals surface area contributed by atoms with E-state index in [2.05, 4.69) is 26.8 Å². The van der Waals surface area contributed by atoms with Gasteiger partial charge in [-0.05, 0) is 43.2 Å². The summed E-state index contributed by atoms with van der Waals surface area (Å²) in [6.45, 7) is 2.86. The van der Waals surface area contributed by atoms with Crippen LogP contribution in [0.1, 0.15) is 49.9 Å². The first-order valence-electron chi connectivity index (χ1n) is 12.9. The Balaban J connectivity index is 1.35. The van der Waals surface area contributed by atoms with Crippen LogP contribution in [-0.4, -0.2) is 60.7 Å². The number of nitrogens with one attached hydrogen (secondary N) is 1. The van der Waals surface area contributed by atoms with Crippen LogP contribution in [0.25, 0.3) is 21.9 Å². The van der Waals surface area contributed by atoms with Crippen molar-refractivity contribution in [2.45, 2.75) is 51.6 Å². The lowest BCUT2D eigenvalue weighted by molar-refractivity contribution is -0.135. The number of pyridine rings is 2. The first-order chi connectivity index (χ1) is 18.0. The minimum atomic E-state index is -0.471. The van der Waals surface area contributed by atoms with Gasteiger partial charge in [-0.25, -0.2) is 15.0 Å². The zero-order valence-corrected chi connectivity index (χ0v) is 21.1. The molecular weight excluding hydrogens is 470 g/mol. The Morgan fingerprint density at radius 3 is 2.76 bits per heavy atom. The minimum Gasteiger partial charge on any atom is -0.481 e. The molecule has 1 aliphatic heterocycles. The van der Waals surface area contributed by atoms with E-state index in [0.29, 0.717) is 43.2 Å². The van der Waals surface area contributed by atoms with Crippen molar-refractivity contribution in [1.82, 2.24) is 29.4 Å². The summed E-state index contributed by atoms with van der Waals surface area (Å²) in [6, 6.07) is 6.18. The molecule has 37 heavy (non-hydrogen) atoms. The summed E-state index contributed by atoms with van der Waals surface area (Å²) in [5.41, 5.74) is 3.87. The number of aliphatic hydroxyl groups is 1. The zero-order chi connectivity index (χ0) is 25.5. The largest absolute Gasteiger partial charge is 0.481 e. The number of carbonyl (C=O) groups is 1. The molecule has 0 aromatic carbocycles. The summed E-state index contributed by atoms with van der Waals surface area (Å²) in [6.07, 6.45) is 9.02. The van der Waals surface area contributed by atoms with Crippen molar-refractivity contribution in [2.24, 2.45) is 5.92 Å². The van der Waals surface area contributed by atoms with E-state index in [-0.39, 0.29) is 5.91 Å². The summed E-state index contributed by atoms with van der Waals surface area (Å²) < 4.78 is 7.73. The quantitative estimate of drug-likeness (QED) is 0.424. The predicted octanol–water partition coefficient (Wildman–Crippen LogP) is 3.75. The van der Waals surface area contributed by atoms with Crippen LogP contribution < -0.4 is 10.1 Å². The molecule has 2 N–H and O–H groups in total. The Hall–Kier alpha value is -3.79. The summed E-state index contributed by atoms with van der Waals surface area (Å²) in [5.74, 6) is 2.21. The van der Waals surface area contributed by atoms with Gasteiger partial charge in [-0.1, -0.05) is 13.0 Å². The van der Waals surface area contributed by atoms with Crippen LogP contribution in [0, 0.1) is 5.92 Å². The summed E-state index contributed by atoms with van der Waals surface area (Å²) in [7, 11) is 1.63. The number of carbonyl (C=O) groups excluding carboxylic acids is 1. The third-order valence-electron chi connectivity index (χ3n) is 7.74. The summed E-state index contributed by atoms with van der Waals surface area (Å²) in [4.78, 5) is 32.4. The summed E-state index contributed by atoms with van der Waals surface area (Å²) in [5, 5.41) is 14.5. The Morgan fingerprint density at radius 1 is 1.14 bits per heavy atom. The highest BCUT2D eigenvalue weighted by atomic mass is 16.5. The van der Waals surface area contributed by atoms with E-state index in [1.807, 2.05) is 30.6 Å². The third-order valence-corrected chi connectivity index (χ3v) is 7.74. The average molecular weight is 502 g/mol. The van der Waals surface area contributed by atoms with Crippen LogP contribution in [0.4, 0.5) is 11.8 Å². The maximum Gasteiger partial charge on any atom is 0.248 e. The van der Waals surface area contributed by atoms with Crippen molar-refractivity contribution < 1.29 is 14.6 Å². The Kier molecular flexibility index (Phi) is 6.11. The highest BCUT2D eigenvalue weighted by Gasteiger charge is 2.25. The molecule has 0 atom stereocenters. The van der Waals surface area contributed by atoms with Crippen LogP contribution in [0.2, 0.25) is 0 Å². The standard InChI is InChI=1S/C27H31N7O3/c1-16-3-6-18(7-4-16)34-22-13-28-24(37-2)11-19(22)20-12-29-27(32-26(20)34)31-23-8-5-17-14-33(25(36)15-35)10-9-21(17)30-23/h5,8,11-13,16,18,35H,3-4,6-7,9-10,14-15H2,1-2H3,(H,29,30,31,32). The van der Waals surface area contributed by atoms with Crippen molar-refractivity contribution in [2.75, 3.05) is 25.6 Å². The van der Waals surface area contributed by atoms with Crippen molar-refractivity contribution in [1.29, 1.82) is 0 Å². The fourth-order valence-electron chi connectivity index (χ4n) is 5.65. The number of rotatable bonds is 5. The number of hydrogen-bond acceptors (Lipinski definition) is 8. The maximum absolute atomic E-state index is 11.9. The van der Waals surface area contributed by atoms with Gasteiger partial charge in [0.25, 0.3) is 0 Å². The van der Waals surface area contributed by atoms with Crippen LogP contribution in [0.15, 0.2) is 30.6 Å². The highest BCUT2D eigenvalue weighted by Crippen LogP contribution is 2.39. The lowest BCUT2D eigenvalue weighted by Gasteiger charge is -2.28. The molecule has 10 heteroatoms. The number of nitrogens with zero attached hydrogens (tertiary/aromatic N) is 6. The van der Waals surface area contributed by atoms with Gasteiger partial charge in [0, 0.05) is 54.3 Å². The molecule has 4 aromatic heterocycles. The molecule has 6 rings (SSSR count). The zero-order valence-electron chi connectivity index (χ0n) is 21.1. The molecule has 2 aliphatic rings. The van der Waals surface area contributed by atoms with Crippen LogP contribution >= 0.6 is 0 Å². The fourth-order valence-corrected chi connectivity index (χ4v) is 5.65. The van der Waals surface area contributed by atoms with Crippen LogP contribution in [0.3, 0.4) is 0 Å². The fraction of sp³-hybridized carbons (Fsp3) is 0.444. The average Bonchev–Trinajstić information content (AvgIpc) is 3.25. The molecule has 10 nitrogen and oxygen atoms in total. The number of hydrogen-bond donors (Lipinski definition) is 2. The van der Waals surface area contributed by atoms with Gasteiger partial charge in [0.05, 0.1) is 18.8 Å². The minimum absolute atomic E-state index is 0.259. The highest BCUT2D eigenvalue weighted by molar-refractivity contribution is 6.06. The molecule has 1 aliphatic carbocycles. The second-order valence-electron chi connectivity index (χ2n) is 10.1. The topological polar surface area (TPSA) is 118 Å². The van der Waals surface area contributed by atoms with E-state index in [1.54, 1.807) is 12.0 Å². The molecule has 4 aromatic rings. The van der Waals surface area contributed by atoms with Gasteiger partial charge in [0.1, 0.15) is 18.1 Å². The normalized spacial score (nSPS) is 19.7. The van der Waals surface area contributed by atoms with E-state index in [0.717, 1.165) is 52.0 Å². The number of amides is 1. The van der Waals surface area contributed by atoms with Crippen molar-refractivity contribution in [3.63, 3.8) is 0 Å². The number of methoxy groups -OCH3 is 1. The lowest BCUT2D eigenvalue weighted by atomic mass is 9.87. The van der Waals surface area contributed by atoms with Crippen LogP contribution in [-0.2, 0) is 17.8 Å². The second-order valence-corrected chi connectivity index (χ2v) is 10.1. The Morgan fingerprint density at radius 2 is 1.97 bits per heavy atom. The SMILES string of the molecule is COc1cc2c3cnc(Nc4ccc5c(n4)CCN(C(=O)CO)C5)nc3n(C3CCC(C)CC3)c2cn1. The van der Waals surface area contributed by atoms with Gasteiger partial charge < -0.3 is 24.6 Å². The van der Waals surface area contributed by atoms with Crippen LogP contribution in [0.5, 0.6) is 5.88 Å². The maximum atomic E-state index is 11.9. The first-order valence-corrected chi connectivity index (χ1v) is 12.9. The molecular formula is C27H31N7O3. The van der Waals surface area contributed by atoms with E-state index in [1.165, 1.54) is 12.8 Å². The second kappa shape index (κ2) is 9.59. The summed E-state index contributed by atoms with van der Waals surface area (Å²) >= 11 is 0. The number of aliphatic hydroxyl groups excluding tert-OH is 1. The van der Waals surface area contributed by atoms with Gasteiger partial charge in [-0.2, -0.15) is 4.98 Å². The van der Waals surface area contributed by atoms with Crippen molar-refractivity contribution >= 4 is 39.6 Å². The lowest BCUT2D eigenvalue weighted by Crippen LogP contribution is -2.37. The monoisotopic (exact) mass is 501 g/mol. The molecule has 5 heterocycles. The number of ether oxygens (including phenoxy) is 1. The van der Waals surface area contributed by atoms with E-state index >= 15 is 0 Å². The Bertz CT molecular complexity index is 1480. The third kappa shape index (κ3) is 4.35. The predicted molar refractivity (Wildman–Crippen MR) is 140 cm³/mol. The molecule has 0 unspecified atom stereocenters. The number of fused-ring (bicyclic) bond motifs is 4. The van der Waals surface area contributed by atoms with Crippen molar-refractivity contribution in [3.05, 3.63) is 41.9 Å². The van der Waals surface area contributed by atoms with E-state index in [4.69, 9.17) is 19.8 Å². The van der Waals surface area contributed by atoms with E-state index < -0.39 is 6.61 Å². The molecule has 0 bridgehead atoms. The molecule has 1 amide bonds. The molecule has 1 saturated carbocycles. The molecule has 0 saturated heterocycles. The first kappa shape index (κ1) is 23.6. The van der Waals surface area contributed by atoms with Gasteiger partial charge in [-0.3, -0.25) is 4.79 Å². The molecule has 192 valence electrons.